The zero-order chi connectivity index (χ0) is 16.9. The monoisotopic (exact) mass is 346 g/mol. The molecule has 0 saturated carbocycles. The lowest BCUT2D eigenvalue weighted by Crippen LogP contribution is -2.16. The molecule has 0 saturated heterocycles. The number of benzene rings is 1. The maximum atomic E-state index is 12.0. The van der Waals surface area contributed by atoms with Crippen LogP contribution in [-0.4, -0.2) is 39.5 Å². The van der Waals surface area contributed by atoms with Gasteiger partial charge in [0.15, 0.2) is 11.5 Å². The van der Waals surface area contributed by atoms with Crippen molar-refractivity contribution >= 4 is 40.2 Å². The third kappa shape index (κ3) is 3.54. The number of imidazole rings is 1. The van der Waals surface area contributed by atoms with Gasteiger partial charge < -0.3 is 20.4 Å². The largest absolute Gasteiger partial charge is 0.495 e. The molecule has 24 heavy (non-hydrogen) atoms. The third-order valence-electron chi connectivity index (χ3n) is 3.30. The van der Waals surface area contributed by atoms with Crippen molar-refractivity contribution in [3.8, 4) is 5.75 Å². The lowest BCUT2D eigenvalue weighted by Gasteiger charge is -2.09. The van der Waals surface area contributed by atoms with Gasteiger partial charge in [-0.2, -0.15) is 0 Å². The van der Waals surface area contributed by atoms with Crippen molar-refractivity contribution in [1.82, 2.24) is 19.9 Å². The number of H-pyrrole nitrogens is 1. The second-order valence-electron chi connectivity index (χ2n) is 4.90. The average Bonchev–Trinajstić information content (AvgIpc) is 3.04. The van der Waals surface area contributed by atoms with E-state index in [-0.39, 0.29) is 12.3 Å². The van der Waals surface area contributed by atoms with Crippen molar-refractivity contribution in [2.45, 2.75) is 6.42 Å². The van der Waals surface area contributed by atoms with Crippen molar-refractivity contribution in [2.75, 3.05) is 24.3 Å². The smallest absolute Gasteiger partial charge is 0.226 e. The number of fused-ring (bicyclic) bond motifs is 1. The number of hydrogen-bond acceptors (Lipinski definition) is 6. The fourth-order valence-electron chi connectivity index (χ4n) is 2.16. The number of rotatable bonds is 6. The van der Waals surface area contributed by atoms with Crippen LogP contribution in [0.15, 0.2) is 30.9 Å². The van der Waals surface area contributed by atoms with Gasteiger partial charge in [-0.1, -0.05) is 11.6 Å². The number of nitrogens with zero attached hydrogens (tertiary/aromatic N) is 3. The third-order valence-corrected chi connectivity index (χ3v) is 3.60. The van der Waals surface area contributed by atoms with Crippen molar-refractivity contribution < 1.29 is 9.53 Å². The number of carbonyl (C=O) groups is 1. The minimum absolute atomic E-state index is 0.140. The standard InChI is InChI=1S/C15H15ClN6O2/c1-24-11-3-2-9(6-10(11)16)22-12(23)4-5-17-14-13-15(19-7-18-13)21-8-20-14/h2-3,6-8H,4-5H2,1H3,(H,22,23)(H2,17,18,19,20,21). The Morgan fingerprint density at radius 1 is 1.33 bits per heavy atom. The predicted molar refractivity (Wildman–Crippen MR) is 91.4 cm³/mol. The van der Waals surface area contributed by atoms with Crippen LogP contribution in [0.4, 0.5) is 11.5 Å². The minimum Gasteiger partial charge on any atom is -0.495 e. The predicted octanol–water partition coefficient (Wildman–Crippen LogP) is 2.46. The molecule has 0 aliphatic rings. The van der Waals surface area contributed by atoms with Crippen LogP contribution in [0.3, 0.4) is 0 Å². The molecule has 2 heterocycles. The summed E-state index contributed by atoms with van der Waals surface area (Å²) in [7, 11) is 1.54. The first-order valence-electron chi connectivity index (χ1n) is 7.18. The van der Waals surface area contributed by atoms with Gasteiger partial charge in [0.05, 0.1) is 18.5 Å². The first-order valence-corrected chi connectivity index (χ1v) is 7.56. The topological polar surface area (TPSA) is 105 Å². The van der Waals surface area contributed by atoms with Crippen LogP contribution in [0.1, 0.15) is 6.42 Å². The first kappa shape index (κ1) is 16.0. The Kier molecular flexibility index (Phi) is 4.76. The molecule has 0 bridgehead atoms. The van der Waals surface area contributed by atoms with E-state index >= 15 is 0 Å². The lowest BCUT2D eigenvalue weighted by molar-refractivity contribution is -0.115. The lowest BCUT2D eigenvalue weighted by atomic mass is 10.3. The Labute approximate surface area is 142 Å². The van der Waals surface area contributed by atoms with Crippen LogP contribution in [0.2, 0.25) is 5.02 Å². The van der Waals surface area contributed by atoms with E-state index in [0.717, 1.165) is 0 Å². The second kappa shape index (κ2) is 7.14. The highest BCUT2D eigenvalue weighted by atomic mass is 35.5. The van der Waals surface area contributed by atoms with Crippen LogP contribution >= 0.6 is 11.6 Å². The van der Waals surface area contributed by atoms with Gasteiger partial charge in [0.1, 0.15) is 17.6 Å². The number of nitrogens with one attached hydrogen (secondary N) is 3. The number of ether oxygens (including phenoxy) is 1. The Morgan fingerprint density at radius 3 is 3.00 bits per heavy atom. The molecule has 2 aromatic heterocycles. The van der Waals surface area contributed by atoms with Gasteiger partial charge in [-0.15, -0.1) is 0 Å². The first-order chi connectivity index (χ1) is 11.7. The molecule has 1 amide bonds. The normalized spacial score (nSPS) is 10.6. The van der Waals surface area contributed by atoms with Crippen LogP contribution in [0.5, 0.6) is 5.75 Å². The van der Waals surface area contributed by atoms with E-state index in [2.05, 4.69) is 30.6 Å². The zero-order valence-electron chi connectivity index (χ0n) is 12.8. The number of carbonyl (C=O) groups excluding carboxylic acids is 1. The molecule has 0 radical (unpaired) electrons. The van der Waals surface area contributed by atoms with Gasteiger partial charge in [-0.25, -0.2) is 15.0 Å². The molecule has 0 fully saturated rings. The van der Waals surface area contributed by atoms with Gasteiger partial charge >= 0.3 is 0 Å². The number of hydrogen-bond donors (Lipinski definition) is 3. The summed E-state index contributed by atoms with van der Waals surface area (Å²) in [6, 6.07) is 5.07. The molecule has 0 unspecified atom stereocenters. The average molecular weight is 347 g/mol. The maximum Gasteiger partial charge on any atom is 0.226 e. The van der Waals surface area contributed by atoms with Crippen LogP contribution in [0, 0.1) is 0 Å². The van der Waals surface area contributed by atoms with E-state index in [9.17, 15) is 4.79 Å². The molecular weight excluding hydrogens is 332 g/mol. The van der Waals surface area contributed by atoms with Crippen molar-refractivity contribution in [3.05, 3.63) is 35.9 Å². The van der Waals surface area contributed by atoms with E-state index < -0.39 is 0 Å². The van der Waals surface area contributed by atoms with Crippen molar-refractivity contribution in [2.24, 2.45) is 0 Å². The summed E-state index contributed by atoms with van der Waals surface area (Å²) in [6.45, 7) is 0.418. The number of halogens is 1. The van der Waals surface area contributed by atoms with Crippen LogP contribution < -0.4 is 15.4 Å². The summed E-state index contributed by atoms with van der Waals surface area (Å²) < 4.78 is 5.07. The molecule has 1 aromatic carbocycles. The van der Waals surface area contributed by atoms with E-state index in [1.165, 1.54) is 13.4 Å². The van der Waals surface area contributed by atoms with Crippen molar-refractivity contribution in [1.29, 1.82) is 0 Å². The number of methoxy groups -OCH3 is 1. The molecule has 9 heteroatoms. The summed E-state index contributed by atoms with van der Waals surface area (Å²) in [6.07, 6.45) is 3.23. The van der Waals surface area contributed by atoms with Gasteiger partial charge in [0, 0.05) is 18.7 Å². The summed E-state index contributed by atoms with van der Waals surface area (Å²) >= 11 is 6.03. The highest BCUT2D eigenvalue weighted by molar-refractivity contribution is 6.32. The minimum atomic E-state index is -0.140. The summed E-state index contributed by atoms with van der Waals surface area (Å²) in [4.78, 5) is 27.2. The highest BCUT2D eigenvalue weighted by Gasteiger charge is 2.08. The van der Waals surface area contributed by atoms with E-state index in [1.54, 1.807) is 24.5 Å². The van der Waals surface area contributed by atoms with Gasteiger partial charge in [-0.05, 0) is 18.2 Å². The molecule has 0 spiro atoms. The van der Waals surface area contributed by atoms with Crippen LogP contribution in [0.25, 0.3) is 11.2 Å². The molecular formula is C15H15ClN6O2. The van der Waals surface area contributed by atoms with Gasteiger partial charge in [0.2, 0.25) is 5.91 Å². The molecule has 124 valence electrons. The van der Waals surface area contributed by atoms with Gasteiger partial charge in [0.25, 0.3) is 0 Å². The molecule has 0 aliphatic carbocycles. The number of aromatic amines is 1. The Balaban J connectivity index is 1.54. The van der Waals surface area contributed by atoms with E-state index in [4.69, 9.17) is 16.3 Å². The van der Waals surface area contributed by atoms with Gasteiger partial charge in [-0.3, -0.25) is 4.79 Å². The number of aromatic nitrogens is 4. The molecule has 3 rings (SSSR count). The Morgan fingerprint density at radius 2 is 2.21 bits per heavy atom. The fraction of sp³-hybridized carbons (Fsp3) is 0.200. The number of anilines is 2. The molecule has 0 atom stereocenters. The number of amides is 1. The van der Waals surface area contributed by atoms with E-state index in [0.29, 0.717) is 40.0 Å². The quantitative estimate of drug-likeness (QED) is 0.633. The Hall–Kier alpha value is -2.87. The molecule has 8 nitrogen and oxygen atoms in total. The van der Waals surface area contributed by atoms with Crippen molar-refractivity contribution in [3.63, 3.8) is 0 Å². The molecule has 0 aliphatic heterocycles. The molecule has 3 aromatic rings. The van der Waals surface area contributed by atoms with Crippen LogP contribution in [-0.2, 0) is 4.79 Å². The Bertz CT molecular complexity index is 866. The summed E-state index contributed by atoms with van der Waals surface area (Å²) in [5, 5.41) is 6.31. The maximum absolute atomic E-state index is 12.0. The SMILES string of the molecule is COc1ccc(NC(=O)CCNc2ncnc3nc[nH]c23)cc1Cl. The summed E-state index contributed by atoms with van der Waals surface area (Å²) in [5.74, 6) is 1.03. The highest BCUT2D eigenvalue weighted by Crippen LogP contribution is 2.27. The molecule has 3 N–H and O–H groups in total. The fourth-order valence-corrected chi connectivity index (χ4v) is 2.42. The summed E-state index contributed by atoms with van der Waals surface area (Å²) in [5.41, 5.74) is 1.90. The second-order valence-corrected chi connectivity index (χ2v) is 5.30. The van der Waals surface area contributed by atoms with E-state index in [1.807, 2.05) is 0 Å². The zero-order valence-corrected chi connectivity index (χ0v) is 13.6.